The summed E-state index contributed by atoms with van der Waals surface area (Å²) in [7, 11) is 1.84. The van der Waals surface area contributed by atoms with Crippen LogP contribution in [0.3, 0.4) is 0 Å². The molecule has 2 aromatic rings. The Labute approximate surface area is 116 Å². The largest absolute Gasteiger partial charge is 0.387 e. The lowest BCUT2D eigenvalue weighted by molar-refractivity contribution is 1.30. The summed E-state index contributed by atoms with van der Waals surface area (Å²) >= 11 is 12.3. The first-order valence-electron chi connectivity index (χ1n) is 5.45. The van der Waals surface area contributed by atoms with E-state index in [9.17, 15) is 0 Å². The van der Waals surface area contributed by atoms with Gasteiger partial charge in [0, 0.05) is 12.1 Å². The molecule has 0 atom stereocenters. The summed E-state index contributed by atoms with van der Waals surface area (Å²) in [6.07, 6.45) is 3.47. The maximum absolute atomic E-state index is 6.17. The predicted molar refractivity (Wildman–Crippen MR) is 78.3 cm³/mol. The third-order valence-electron chi connectivity index (χ3n) is 2.55. The van der Waals surface area contributed by atoms with E-state index in [2.05, 4.69) is 15.6 Å². The Balaban J connectivity index is 2.30. The molecule has 0 amide bonds. The molecule has 0 fully saturated rings. The van der Waals surface area contributed by atoms with Crippen molar-refractivity contribution in [2.24, 2.45) is 0 Å². The number of aryl methyl sites for hydroxylation is 1. The summed E-state index contributed by atoms with van der Waals surface area (Å²) in [6.45, 7) is 1.92. The molecule has 94 valence electrons. The molecular formula is C13H13Cl2N3. The zero-order valence-electron chi connectivity index (χ0n) is 10.1. The van der Waals surface area contributed by atoms with Gasteiger partial charge in [-0.25, -0.2) is 0 Å². The van der Waals surface area contributed by atoms with Crippen molar-refractivity contribution in [2.45, 2.75) is 6.92 Å². The average molecular weight is 282 g/mol. The molecule has 0 saturated carbocycles. The summed E-state index contributed by atoms with van der Waals surface area (Å²) in [6, 6.07) is 5.59. The van der Waals surface area contributed by atoms with Crippen LogP contribution >= 0.6 is 23.2 Å². The number of hydrogen-bond acceptors (Lipinski definition) is 3. The number of rotatable bonds is 3. The molecular weight excluding hydrogens is 269 g/mol. The minimum absolute atomic E-state index is 0.631. The molecule has 2 N–H and O–H groups in total. The van der Waals surface area contributed by atoms with Crippen molar-refractivity contribution >= 4 is 40.3 Å². The number of hydrogen-bond donors (Lipinski definition) is 2. The van der Waals surface area contributed by atoms with Crippen molar-refractivity contribution in [3.8, 4) is 0 Å². The van der Waals surface area contributed by atoms with Crippen LogP contribution in [0, 0.1) is 6.92 Å². The van der Waals surface area contributed by atoms with Gasteiger partial charge in [-0.05, 0) is 30.7 Å². The van der Waals surface area contributed by atoms with Crippen LogP contribution in [0.5, 0.6) is 0 Å². The first-order chi connectivity index (χ1) is 8.60. The van der Waals surface area contributed by atoms with Crippen LogP contribution in [0.4, 0.5) is 17.1 Å². The van der Waals surface area contributed by atoms with Crippen molar-refractivity contribution < 1.29 is 0 Å². The normalized spacial score (nSPS) is 10.2. The van der Waals surface area contributed by atoms with Crippen molar-refractivity contribution in [1.82, 2.24) is 4.98 Å². The van der Waals surface area contributed by atoms with Gasteiger partial charge in [0.2, 0.25) is 0 Å². The minimum Gasteiger partial charge on any atom is -0.387 e. The Morgan fingerprint density at radius 3 is 2.44 bits per heavy atom. The molecule has 1 aromatic carbocycles. The van der Waals surface area contributed by atoms with Gasteiger partial charge in [-0.15, -0.1) is 0 Å². The van der Waals surface area contributed by atoms with Gasteiger partial charge in [-0.3, -0.25) is 4.98 Å². The van der Waals surface area contributed by atoms with E-state index in [1.54, 1.807) is 12.4 Å². The number of pyridine rings is 1. The van der Waals surface area contributed by atoms with Crippen LogP contribution in [0.25, 0.3) is 0 Å². The van der Waals surface area contributed by atoms with Gasteiger partial charge in [-0.2, -0.15) is 0 Å². The van der Waals surface area contributed by atoms with Crippen molar-refractivity contribution in [3.63, 3.8) is 0 Å². The standard InChI is InChI=1S/C13H13Cl2N3/c1-8-3-12(15)13(5-11(8)14)18-10-4-9(16-2)6-17-7-10/h3-7,16,18H,1-2H3. The Kier molecular flexibility index (Phi) is 3.94. The molecule has 3 nitrogen and oxygen atoms in total. The Hall–Kier alpha value is -1.45. The summed E-state index contributed by atoms with van der Waals surface area (Å²) in [5, 5.41) is 7.53. The maximum Gasteiger partial charge on any atom is 0.0644 e. The van der Waals surface area contributed by atoms with E-state index in [1.807, 2.05) is 32.2 Å². The average Bonchev–Trinajstić information content (AvgIpc) is 2.36. The topological polar surface area (TPSA) is 37.0 Å². The van der Waals surface area contributed by atoms with Crippen LogP contribution in [0.2, 0.25) is 10.0 Å². The number of nitrogens with zero attached hydrogens (tertiary/aromatic N) is 1. The Morgan fingerprint density at radius 1 is 1.00 bits per heavy atom. The monoisotopic (exact) mass is 281 g/mol. The first kappa shape index (κ1) is 13.0. The zero-order chi connectivity index (χ0) is 13.1. The van der Waals surface area contributed by atoms with Crippen LogP contribution < -0.4 is 10.6 Å². The van der Waals surface area contributed by atoms with E-state index in [1.165, 1.54) is 0 Å². The first-order valence-corrected chi connectivity index (χ1v) is 6.21. The van der Waals surface area contributed by atoms with E-state index < -0.39 is 0 Å². The fourth-order valence-electron chi connectivity index (χ4n) is 1.54. The molecule has 1 heterocycles. The highest BCUT2D eigenvalue weighted by Gasteiger charge is 2.05. The maximum atomic E-state index is 6.17. The summed E-state index contributed by atoms with van der Waals surface area (Å²) in [5.74, 6) is 0. The van der Waals surface area contributed by atoms with E-state index >= 15 is 0 Å². The van der Waals surface area contributed by atoms with Crippen LogP contribution in [0.15, 0.2) is 30.6 Å². The highest BCUT2D eigenvalue weighted by molar-refractivity contribution is 6.35. The lowest BCUT2D eigenvalue weighted by atomic mass is 10.2. The zero-order valence-corrected chi connectivity index (χ0v) is 11.6. The lowest BCUT2D eigenvalue weighted by Gasteiger charge is -2.11. The second kappa shape index (κ2) is 5.46. The Morgan fingerprint density at radius 2 is 1.72 bits per heavy atom. The number of nitrogens with one attached hydrogen (secondary N) is 2. The van der Waals surface area contributed by atoms with E-state index in [0.29, 0.717) is 10.0 Å². The highest BCUT2D eigenvalue weighted by atomic mass is 35.5. The van der Waals surface area contributed by atoms with Gasteiger partial charge in [0.1, 0.15) is 0 Å². The van der Waals surface area contributed by atoms with Gasteiger partial charge in [0.25, 0.3) is 0 Å². The molecule has 0 aliphatic rings. The molecule has 0 aliphatic carbocycles. The molecule has 2 rings (SSSR count). The fourth-order valence-corrected chi connectivity index (χ4v) is 1.97. The molecule has 0 radical (unpaired) electrons. The third kappa shape index (κ3) is 2.86. The molecule has 1 aromatic heterocycles. The van der Waals surface area contributed by atoms with Gasteiger partial charge in [0.15, 0.2) is 0 Å². The van der Waals surface area contributed by atoms with Gasteiger partial charge in [0.05, 0.1) is 34.5 Å². The van der Waals surface area contributed by atoms with Gasteiger partial charge in [-0.1, -0.05) is 23.2 Å². The quantitative estimate of drug-likeness (QED) is 0.871. The number of benzene rings is 1. The lowest BCUT2D eigenvalue weighted by Crippen LogP contribution is -1.95. The minimum atomic E-state index is 0.631. The number of anilines is 3. The summed E-state index contributed by atoms with van der Waals surface area (Å²) in [5.41, 5.74) is 3.50. The second-order valence-electron chi connectivity index (χ2n) is 3.92. The van der Waals surface area contributed by atoms with Gasteiger partial charge >= 0.3 is 0 Å². The molecule has 0 aliphatic heterocycles. The van der Waals surface area contributed by atoms with Crippen LogP contribution in [-0.4, -0.2) is 12.0 Å². The molecule has 0 spiro atoms. The summed E-state index contributed by atoms with van der Waals surface area (Å²) < 4.78 is 0. The van der Waals surface area contributed by atoms with E-state index in [0.717, 1.165) is 22.6 Å². The van der Waals surface area contributed by atoms with E-state index in [4.69, 9.17) is 23.2 Å². The molecule has 5 heteroatoms. The number of halogens is 2. The third-order valence-corrected chi connectivity index (χ3v) is 3.27. The fraction of sp³-hybridized carbons (Fsp3) is 0.154. The summed E-state index contributed by atoms with van der Waals surface area (Å²) in [4.78, 5) is 4.12. The van der Waals surface area contributed by atoms with Crippen molar-refractivity contribution in [1.29, 1.82) is 0 Å². The molecule has 18 heavy (non-hydrogen) atoms. The van der Waals surface area contributed by atoms with Crippen LogP contribution in [-0.2, 0) is 0 Å². The molecule has 0 unspecified atom stereocenters. The molecule has 0 bridgehead atoms. The van der Waals surface area contributed by atoms with E-state index in [-0.39, 0.29) is 0 Å². The highest BCUT2D eigenvalue weighted by Crippen LogP contribution is 2.31. The SMILES string of the molecule is CNc1cncc(Nc2cc(Cl)c(C)cc2Cl)c1. The van der Waals surface area contributed by atoms with Crippen molar-refractivity contribution in [2.75, 3.05) is 17.7 Å². The number of aromatic nitrogens is 1. The van der Waals surface area contributed by atoms with Crippen LogP contribution in [0.1, 0.15) is 5.56 Å². The van der Waals surface area contributed by atoms with Crippen molar-refractivity contribution in [3.05, 3.63) is 46.2 Å². The second-order valence-corrected chi connectivity index (χ2v) is 4.73. The smallest absolute Gasteiger partial charge is 0.0644 e. The predicted octanol–water partition coefficient (Wildman–Crippen LogP) is 4.48. The molecule has 0 saturated heterocycles. The Bertz CT molecular complexity index is 570. The van der Waals surface area contributed by atoms with Gasteiger partial charge < -0.3 is 10.6 Å².